The summed E-state index contributed by atoms with van der Waals surface area (Å²) in [7, 11) is 0. The van der Waals surface area contributed by atoms with Gasteiger partial charge in [0.2, 0.25) is 5.91 Å². The number of hydrogen-bond acceptors (Lipinski definition) is 3. The summed E-state index contributed by atoms with van der Waals surface area (Å²) in [5.41, 5.74) is -0.725. The summed E-state index contributed by atoms with van der Waals surface area (Å²) in [6.07, 6.45) is 1.41. The number of rotatable bonds is 6. The van der Waals surface area contributed by atoms with Gasteiger partial charge in [0.15, 0.2) is 0 Å². The lowest BCUT2D eigenvalue weighted by molar-refractivity contribution is -0.137. The number of hydrogen-bond donors (Lipinski definition) is 0. The Morgan fingerprint density at radius 1 is 1.33 bits per heavy atom. The minimum atomic E-state index is -4.45. The van der Waals surface area contributed by atoms with Gasteiger partial charge in [0.1, 0.15) is 5.82 Å². The Kier molecular flexibility index (Phi) is 5.96. The number of anilines is 1. The maximum Gasteiger partial charge on any atom is 0.419 e. The van der Waals surface area contributed by atoms with Crippen molar-refractivity contribution in [3.8, 4) is 0 Å². The summed E-state index contributed by atoms with van der Waals surface area (Å²) in [5, 5.41) is 0. The molecule has 1 saturated heterocycles. The number of nitrogens with zero attached hydrogens (tertiary/aromatic N) is 3. The predicted octanol–water partition coefficient (Wildman–Crippen LogP) is 4.35. The van der Waals surface area contributed by atoms with E-state index >= 15 is 0 Å². The van der Waals surface area contributed by atoms with E-state index in [9.17, 15) is 18.0 Å². The number of aromatic nitrogens is 1. The molecule has 1 saturated carbocycles. The van der Waals surface area contributed by atoms with Gasteiger partial charge in [0.05, 0.1) is 11.5 Å². The second kappa shape index (κ2) is 8.07. The average molecular weight is 383 g/mol. The summed E-state index contributed by atoms with van der Waals surface area (Å²) in [6, 6.07) is 2.69. The molecule has 7 heteroatoms. The first-order chi connectivity index (χ1) is 12.8. The second-order valence-electron chi connectivity index (χ2n) is 8.10. The Labute approximate surface area is 158 Å². The number of carbonyl (C=O) groups is 1. The standard InChI is InChI=1S/C20H28F3N3O/c1-14(2)9-12-26(16-7-8-16)19(27)15-5-4-11-25(13-15)18-17(20(21,22)23)6-3-10-24-18/h3,6,10,14-16H,4-5,7-9,11-13H2,1-2H3. The number of pyridine rings is 1. The van der Waals surface area contributed by atoms with Crippen LogP contribution in [0.15, 0.2) is 18.3 Å². The van der Waals surface area contributed by atoms with Crippen molar-refractivity contribution >= 4 is 11.7 Å². The molecule has 1 aliphatic carbocycles. The lowest BCUT2D eigenvalue weighted by Gasteiger charge is -2.36. The predicted molar refractivity (Wildman–Crippen MR) is 98.4 cm³/mol. The topological polar surface area (TPSA) is 36.4 Å². The Morgan fingerprint density at radius 3 is 2.70 bits per heavy atom. The fraction of sp³-hybridized carbons (Fsp3) is 0.700. The van der Waals surface area contributed by atoms with Gasteiger partial charge < -0.3 is 9.80 Å². The Balaban J connectivity index is 1.73. The molecule has 0 bridgehead atoms. The van der Waals surface area contributed by atoms with Crippen LogP contribution in [-0.4, -0.2) is 41.5 Å². The van der Waals surface area contributed by atoms with Crippen LogP contribution in [0.2, 0.25) is 0 Å². The summed E-state index contributed by atoms with van der Waals surface area (Å²) >= 11 is 0. The number of alkyl halides is 3. The third-order valence-electron chi connectivity index (χ3n) is 5.38. The molecule has 1 aromatic heterocycles. The van der Waals surface area contributed by atoms with Crippen molar-refractivity contribution < 1.29 is 18.0 Å². The number of halogens is 3. The van der Waals surface area contributed by atoms with Crippen molar-refractivity contribution in [1.29, 1.82) is 0 Å². The van der Waals surface area contributed by atoms with Crippen LogP contribution >= 0.6 is 0 Å². The molecular weight excluding hydrogens is 355 g/mol. The zero-order chi connectivity index (χ0) is 19.6. The summed E-state index contributed by atoms with van der Waals surface area (Å²) < 4.78 is 40.0. The van der Waals surface area contributed by atoms with E-state index in [0.29, 0.717) is 31.5 Å². The molecule has 1 atom stereocenters. The summed E-state index contributed by atoms with van der Waals surface area (Å²) in [4.78, 5) is 20.7. The smallest absolute Gasteiger partial charge is 0.355 e. The van der Waals surface area contributed by atoms with E-state index in [1.807, 2.05) is 4.90 Å². The summed E-state index contributed by atoms with van der Waals surface area (Å²) in [6.45, 7) is 5.83. The van der Waals surface area contributed by atoms with E-state index in [4.69, 9.17) is 0 Å². The first-order valence-electron chi connectivity index (χ1n) is 9.85. The number of piperidine rings is 1. The van der Waals surface area contributed by atoms with E-state index in [1.165, 1.54) is 12.3 Å². The van der Waals surface area contributed by atoms with E-state index in [0.717, 1.165) is 38.3 Å². The van der Waals surface area contributed by atoms with Gasteiger partial charge in [-0.2, -0.15) is 13.2 Å². The molecule has 0 N–H and O–H groups in total. The van der Waals surface area contributed by atoms with Gasteiger partial charge in [0, 0.05) is 31.9 Å². The van der Waals surface area contributed by atoms with Crippen LogP contribution < -0.4 is 4.90 Å². The van der Waals surface area contributed by atoms with Gasteiger partial charge in [-0.05, 0) is 50.2 Å². The Hall–Kier alpha value is -1.79. The van der Waals surface area contributed by atoms with E-state index in [1.54, 1.807) is 4.90 Å². The second-order valence-corrected chi connectivity index (χ2v) is 8.10. The van der Waals surface area contributed by atoms with Crippen molar-refractivity contribution in [3.05, 3.63) is 23.9 Å². The number of amides is 1. The molecule has 2 aliphatic rings. The highest BCUT2D eigenvalue weighted by Gasteiger charge is 2.40. The zero-order valence-electron chi connectivity index (χ0n) is 16.0. The zero-order valence-corrected chi connectivity index (χ0v) is 16.0. The van der Waals surface area contributed by atoms with Crippen molar-refractivity contribution in [2.45, 2.75) is 58.2 Å². The molecule has 27 heavy (non-hydrogen) atoms. The molecule has 3 rings (SSSR count). The normalized spacial score (nSPS) is 20.8. The largest absolute Gasteiger partial charge is 0.419 e. The highest BCUT2D eigenvalue weighted by Crippen LogP contribution is 2.37. The van der Waals surface area contributed by atoms with Crippen molar-refractivity contribution in [1.82, 2.24) is 9.88 Å². The first kappa shape index (κ1) is 20.0. The molecule has 1 aromatic rings. The van der Waals surface area contributed by atoms with E-state index < -0.39 is 11.7 Å². The molecule has 2 heterocycles. The maximum atomic E-state index is 13.3. The van der Waals surface area contributed by atoms with Crippen molar-refractivity contribution in [2.75, 3.05) is 24.5 Å². The highest BCUT2D eigenvalue weighted by molar-refractivity contribution is 5.80. The van der Waals surface area contributed by atoms with Gasteiger partial charge in [-0.15, -0.1) is 0 Å². The molecule has 0 aromatic carbocycles. The third-order valence-corrected chi connectivity index (χ3v) is 5.38. The molecule has 0 radical (unpaired) electrons. The minimum Gasteiger partial charge on any atom is -0.355 e. The fourth-order valence-electron chi connectivity index (χ4n) is 3.73. The highest BCUT2D eigenvalue weighted by atomic mass is 19.4. The van der Waals surface area contributed by atoms with Gasteiger partial charge in [-0.25, -0.2) is 4.98 Å². The van der Waals surface area contributed by atoms with Crippen LogP contribution in [-0.2, 0) is 11.0 Å². The SMILES string of the molecule is CC(C)CCN(C(=O)C1CCCN(c2ncccc2C(F)(F)F)C1)C1CC1. The van der Waals surface area contributed by atoms with Crippen LogP contribution in [0.3, 0.4) is 0 Å². The molecular formula is C20H28F3N3O. The van der Waals surface area contributed by atoms with Gasteiger partial charge >= 0.3 is 6.18 Å². The van der Waals surface area contributed by atoms with E-state index in [-0.39, 0.29) is 17.6 Å². The van der Waals surface area contributed by atoms with E-state index in [2.05, 4.69) is 18.8 Å². The minimum absolute atomic E-state index is 0.0531. The van der Waals surface area contributed by atoms with Crippen LogP contribution in [0.1, 0.15) is 51.5 Å². The average Bonchev–Trinajstić information content (AvgIpc) is 3.46. The monoisotopic (exact) mass is 383 g/mol. The molecule has 1 amide bonds. The van der Waals surface area contributed by atoms with Gasteiger partial charge in [-0.1, -0.05) is 13.8 Å². The van der Waals surface area contributed by atoms with Crippen LogP contribution in [0.25, 0.3) is 0 Å². The lowest BCUT2D eigenvalue weighted by Crippen LogP contribution is -2.46. The molecule has 2 fully saturated rings. The Morgan fingerprint density at radius 2 is 2.07 bits per heavy atom. The molecule has 4 nitrogen and oxygen atoms in total. The van der Waals surface area contributed by atoms with Gasteiger partial charge in [-0.3, -0.25) is 4.79 Å². The first-order valence-corrected chi connectivity index (χ1v) is 9.85. The molecule has 1 unspecified atom stereocenters. The van der Waals surface area contributed by atoms with Gasteiger partial charge in [0.25, 0.3) is 0 Å². The van der Waals surface area contributed by atoms with Crippen molar-refractivity contribution in [2.24, 2.45) is 11.8 Å². The molecule has 1 aliphatic heterocycles. The maximum absolute atomic E-state index is 13.3. The Bertz CT molecular complexity index is 658. The quantitative estimate of drug-likeness (QED) is 0.733. The van der Waals surface area contributed by atoms with Crippen LogP contribution in [0, 0.1) is 11.8 Å². The fourth-order valence-corrected chi connectivity index (χ4v) is 3.73. The molecule has 0 spiro atoms. The number of carbonyl (C=O) groups excluding carboxylic acids is 1. The van der Waals surface area contributed by atoms with Crippen LogP contribution in [0.4, 0.5) is 19.0 Å². The lowest BCUT2D eigenvalue weighted by atomic mass is 9.95. The molecule has 150 valence electrons. The van der Waals surface area contributed by atoms with Crippen molar-refractivity contribution in [3.63, 3.8) is 0 Å². The summed E-state index contributed by atoms with van der Waals surface area (Å²) in [5.74, 6) is 0.314. The third kappa shape index (κ3) is 4.93. The van der Waals surface area contributed by atoms with Crippen LogP contribution in [0.5, 0.6) is 0 Å².